The zero-order valence-corrected chi connectivity index (χ0v) is 10.4. The summed E-state index contributed by atoms with van der Waals surface area (Å²) in [5, 5.41) is 1.02. The van der Waals surface area contributed by atoms with Crippen LogP contribution in [-0.4, -0.2) is 0 Å². The topological polar surface area (TPSA) is 0 Å². The van der Waals surface area contributed by atoms with Gasteiger partial charge in [-0.25, -0.2) is 0 Å². The largest absolute Gasteiger partial charge is 0.116 e. The smallest absolute Gasteiger partial charge is 0.0727 e. The molecular formula is C10H13Cl2P. The van der Waals surface area contributed by atoms with E-state index in [1.807, 2.05) is 12.1 Å². The lowest BCUT2D eigenvalue weighted by atomic mass is 9.87. The molecule has 0 aromatic heterocycles. The molecule has 0 saturated heterocycles. The van der Waals surface area contributed by atoms with Crippen LogP contribution in [0.25, 0.3) is 0 Å². The van der Waals surface area contributed by atoms with Crippen molar-refractivity contribution in [1.29, 1.82) is 0 Å². The molecule has 1 aromatic rings. The van der Waals surface area contributed by atoms with E-state index >= 15 is 0 Å². The van der Waals surface area contributed by atoms with E-state index in [1.165, 1.54) is 5.56 Å². The molecule has 0 unspecified atom stereocenters. The number of hydrogen-bond donors (Lipinski definition) is 0. The fourth-order valence-electron chi connectivity index (χ4n) is 1.07. The van der Waals surface area contributed by atoms with Crippen LogP contribution in [0.5, 0.6) is 0 Å². The highest BCUT2D eigenvalue weighted by Gasteiger charge is 2.13. The van der Waals surface area contributed by atoms with Gasteiger partial charge >= 0.3 is 0 Å². The molecular weight excluding hydrogens is 222 g/mol. The number of halogens is 2. The quantitative estimate of drug-likeness (QED) is 0.633. The van der Waals surface area contributed by atoms with Crippen molar-refractivity contribution in [2.45, 2.75) is 26.2 Å². The molecule has 0 heterocycles. The van der Waals surface area contributed by atoms with Crippen LogP contribution in [0, 0.1) is 0 Å². The summed E-state index contributed by atoms with van der Waals surface area (Å²) < 4.78 is 0. The molecule has 0 saturated carbocycles. The van der Waals surface area contributed by atoms with Crippen LogP contribution < -0.4 is 5.30 Å². The van der Waals surface area contributed by atoms with Crippen molar-refractivity contribution in [1.82, 2.24) is 0 Å². The van der Waals surface area contributed by atoms with Crippen LogP contribution in [-0.2, 0) is 5.41 Å². The third-order valence-corrected chi connectivity index (χ3v) is 3.79. The van der Waals surface area contributed by atoms with E-state index in [-0.39, 0.29) is 5.41 Å². The van der Waals surface area contributed by atoms with E-state index in [9.17, 15) is 0 Å². The average Bonchev–Trinajstić information content (AvgIpc) is 2.03. The standard InChI is InChI=1S/C10H13Cl2P/c1-10(2,3)8-4-6-9(7-5-8)13(11)12/h4-7H,1-3H3. The molecule has 1 rings (SSSR count). The molecule has 3 heteroatoms. The van der Waals surface area contributed by atoms with Gasteiger partial charge in [0.25, 0.3) is 0 Å². The SMILES string of the molecule is CC(C)(C)c1ccc(P(Cl)Cl)cc1. The molecule has 0 N–H and O–H groups in total. The molecule has 0 nitrogen and oxygen atoms in total. The first-order valence-electron chi connectivity index (χ1n) is 4.13. The summed E-state index contributed by atoms with van der Waals surface area (Å²) in [6.45, 7) is 5.56. The van der Waals surface area contributed by atoms with Gasteiger partial charge < -0.3 is 0 Å². The highest BCUT2D eigenvalue weighted by atomic mass is 35.9. The lowest BCUT2D eigenvalue weighted by molar-refractivity contribution is 0.590. The van der Waals surface area contributed by atoms with Gasteiger partial charge in [-0.3, -0.25) is 0 Å². The van der Waals surface area contributed by atoms with Crippen LogP contribution in [0.2, 0.25) is 0 Å². The Morgan fingerprint density at radius 3 is 1.77 bits per heavy atom. The Labute approximate surface area is 90.6 Å². The molecule has 0 spiro atoms. The third-order valence-electron chi connectivity index (χ3n) is 1.93. The van der Waals surface area contributed by atoms with E-state index in [0.29, 0.717) is 0 Å². The molecule has 0 amide bonds. The number of rotatable bonds is 1. The lowest BCUT2D eigenvalue weighted by Gasteiger charge is -2.19. The summed E-state index contributed by atoms with van der Waals surface area (Å²) in [4.78, 5) is 0. The van der Waals surface area contributed by atoms with Gasteiger partial charge in [0.05, 0.1) is 0 Å². The maximum absolute atomic E-state index is 5.80. The van der Waals surface area contributed by atoms with Crippen molar-refractivity contribution in [3.63, 3.8) is 0 Å². The maximum atomic E-state index is 5.80. The first kappa shape index (κ1) is 11.3. The Morgan fingerprint density at radius 2 is 1.46 bits per heavy atom. The normalized spacial score (nSPS) is 12.2. The van der Waals surface area contributed by atoms with Crippen molar-refractivity contribution in [3.05, 3.63) is 29.8 Å². The number of benzene rings is 1. The predicted molar refractivity (Wildman–Crippen MR) is 63.4 cm³/mol. The van der Waals surface area contributed by atoms with Gasteiger partial charge in [-0.1, -0.05) is 67.5 Å². The molecule has 0 aliphatic rings. The van der Waals surface area contributed by atoms with Crippen molar-refractivity contribution >= 4 is 34.4 Å². The summed E-state index contributed by atoms with van der Waals surface area (Å²) in [5.41, 5.74) is 1.50. The van der Waals surface area contributed by atoms with Crippen molar-refractivity contribution in [2.24, 2.45) is 0 Å². The molecule has 0 atom stereocenters. The molecule has 0 aliphatic carbocycles. The van der Waals surface area contributed by atoms with Gasteiger partial charge in [0.2, 0.25) is 0 Å². The minimum atomic E-state index is -0.999. The van der Waals surface area contributed by atoms with Gasteiger partial charge in [0, 0.05) is 5.30 Å². The second-order valence-electron chi connectivity index (χ2n) is 4.03. The van der Waals surface area contributed by atoms with E-state index in [1.54, 1.807) is 0 Å². The van der Waals surface area contributed by atoms with Gasteiger partial charge in [0.15, 0.2) is 0 Å². The van der Waals surface area contributed by atoms with Crippen LogP contribution in [0.4, 0.5) is 0 Å². The predicted octanol–water partition coefficient (Wildman–Crippen LogP) is 4.40. The molecule has 0 aliphatic heterocycles. The highest BCUT2D eigenvalue weighted by molar-refractivity contribution is 8.08. The Kier molecular flexibility index (Phi) is 3.63. The lowest BCUT2D eigenvalue weighted by Crippen LogP contribution is -2.11. The van der Waals surface area contributed by atoms with E-state index in [4.69, 9.17) is 22.5 Å². The van der Waals surface area contributed by atoms with Crippen LogP contribution >= 0.6 is 29.1 Å². The Bertz CT molecular complexity index is 272. The fraction of sp³-hybridized carbons (Fsp3) is 0.400. The Balaban J connectivity index is 2.94. The van der Waals surface area contributed by atoms with Crippen molar-refractivity contribution in [2.75, 3.05) is 0 Å². The Hall–Kier alpha value is 0.230. The van der Waals surface area contributed by atoms with Crippen molar-refractivity contribution < 1.29 is 0 Å². The first-order valence-corrected chi connectivity index (χ1v) is 7.28. The van der Waals surface area contributed by atoms with Gasteiger partial charge in [-0.2, -0.15) is 0 Å². The van der Waals surface area contributed by atoms with Crippen LogP contribution in [0.3, 0.4) is 0 Å². The van der Waals surface area contributed by atoms with Crippen molar-refractivity contribution in [3.8, 4) is 0 Å². The zero-order valence-electron chi connectivity index (χ0n) is 8.01. The number of hydrogen-bond acceptors (Lipinski definition) is 0. The summed E-state index contributed by atoms with van der Waals surface area (Å²) in [7, 11) is 0. The fourth-order valence-corrected chi connectivity index (χ4v) is 2.12. The second kappa shape index (κ2) is 4.17. The van der Waals surface area contributed by atoms with Crippen LogP contribution in [0.1, 0.15) is 26.3 Å². The molecule has 0 fully saturated rings. The third kappa shape index (κ3) is 3.13. The Morgan fingerprint density at radius 1 is 1.00 bits per heavy atom. The molecule has 72 valence electrons. The summed E-state index contributed by atoms with van der Waals surface area (Å²) in [6, 6.07) is 8.20. The summed E-state index contributed by atoms with van der Waals surface area (Å²) in [6.07, 6.45) is 0. The highest BCUT2D eigenvalue weighted by Crippen LogP contribution is 2.45. The molecule has 0 bridgehead atoms. The van der Waals surface area contributed by atoms with Gasteiger partial charge in [-0.15, -0.1) is 0 Å². The minimum absolute atomic E-state index is 0.194. The van der Waals surface area contributed by atoms with Gasteiger partial charge in [-0.05, 0) is 11.0 Å². The molecule has 1 aromatic carbocycles. The molecule has 13 heavy (non-hydrogen) atoms. The second-order valence-corrected chi connectivity index (χ2v) is 7.56. The zero-order chi connectivity index (χ0) is 10.1. The minimum Gasteiger partial charge on any atom is -0.0727 e. The van der Waals surface area contributed by atoms with E-state index < -0.39 is 6.63 Å². The first-order chi connectivity index (χ1) is 5.91. The van der Waals surface area contributed by atoms with E-state index in [0.717, 1.165) is 5.30 Å². The average molecular weight is 235 g/mol. The van der Waals surface area contributed by atoms with Crippen LogP contribution in [0.15, 0.2) is 24.3 Å². The summed E-state index contributed by atoms with van der Waals surface area (Å²) >= 11 is 11.6. The maximum Gasteiger partial charge on any atom is 0.116 e. The monoisotopic (exact) mass is 234 g/mol. The van der Waals surface area contributed by atoms with Gasteiger partial charge in [0.1, 0.15) is 6.63 Å². The summed E-state index contributed by atoms with van der Waals surface area (Å²) in [5.74, 6) is 0. The van der Waals surface area contributed by atoms with E-state index in [2.05, 4.69) is 32.9 Å². The molecule has 0 radical (unpaired) electrons.